The fraction of sp³-hybridized carbons (Fsp3) is 1.00. The summed E-state index contributed by atoms with van der Waals surface area (Å²) in [6, 6.07) is 0. The summed E-state index contributed by atoms with van der Waals surface area (Å²) < 4.78 is 0. The second-order valence-electron chi connectivity index (χ2n) is 7.49. The number of likely N-dealkylation sites (tertiary alicyclic amines) is 1. The van der Waals surface area contributed by atoms with Gasteiger partial charge in [0.25, 0.3) is 0 Å². The van der Waals surface area contributed by atoms with Gasteiger partial charge < -0.3 is 9.80 Å². The Kier molecular flexibility index (Phi) is 6.83. The predicted molar refractivity (Wildman–Crippen MR) is 91.6 cm³/mol. The average Bonchev–Trinajstić information content (AvgIpc) is 2.67. The summed E-state index contributed by atoms with van der Waals surface area (Å²) in [5.74, 6) is 0.925. The van der Waals surface area contributed by atoms with Crippen LogP contribution in [-0.4, -0.2) is 55.4 Å². The van der Waals surface area contributed by atoms with Crippen LogP contribution in [0.3, 0.4) is 0 Å². The molecule has 0 unspecified atom stereocenters. The molecule has 2 nitrogen and oxygen atoms in total. The maximum atomic E-state index is 3.83. The van der Waals surface area contributed by atoms with Crippen LogP contribution in [0.5, 0.6) is 0 Å². The topological polar surface area (TPSA) is 6.48 Å². The van der Waals surface area contributed by atoms with Gasteiger partial charge in [0.1, 0.15) is 0 Å². The number of rotatable bonds is 5. The second kappa shape index (κ2) is 8.14. The lowest BCUT2D eigenvalue weighted by atomic mass is 9.81. The quantitative estimate of drug-likeness (QED) is 0.549. The van der Waals surface area contributed by atoms with E-state index in [1.54, 1.807) is 0 Å². The monoisotopic (exact) mass is 344 g/mol. The molecule has 2 rings (SSSR count). The molecule has 0 aromatic rings. The van der Waals surface area contributed by atoms with E-state index in [0.29, 0.717) is 5.41 Å². The predicted octanol–water partition coefficient (Wildman–Crippen LogP) is 4.00. The molecule has 0 radical (unpaired) electrons. The average molecular weight is 345 g/mol. The molecule has 0 bridgehead atoms. The van der Waals surface area contributed by atoms with E-state index in [4.69, 9.17) is 0 Å². The zero-order valence-corrected chi connectivity index (χ0v) is 15.1. The largest absolute Gasteiger partial charge is 0.306 e. The Morgan fingerprint density at radius 2 is 1.70 bits per heavy atom. The minimum absolute atomic E-state index is 0.552. The van der Waals surface area contributed by atoms with Crippen molar-refractivity contribution in [3.8, 4) is 0 Å². The van der Waals surface area contributed by atoms with E-state index in [9.17, 15) is 0 Å². The minimum atomic E-state index is 0.552. The second-order valence-corrected chi connectivity index (χ2v) is 8.05. The van der Waals surface area contributed by atoms with Crippen LogP contribution in [-0.2, 0) is 0 Å². The van der Waals surface area contributed by atoms with Gasteiger partial charge in [-0.15, -0.1) is 0 Å². The van der Waals surface area contributed by atoms with Gasteiger partial charge in [-0.1, -0.05) is 41.6 Å². The number of piperidine rings is 1. The van der Waals surface area contributed by atoms with E-state index in [1.807, 2.05) is 0 Å². The number of nitrogens with zero attached hydrogens (tertiary/aromatic N) is 2. The summed E-state index contributed by atoms with van der Waals surface area (Å²) in [7, 11) is 4.61. The first-order chi connectivity index (χ1) is 9.63. The highest BCUT2D eigenvalue weighted by molar-refractivity contribution is 9.09. The lowest BCUT2D eigenvalue weighted by Gasteiger charge is -2.38. The van der Waals surface area contributed by atoms with Gasteiger partial charge in [-0.05, 0) is 64.2 Å². The molecule has 0 atom stereocenters. The third kappa shape index (κ3) is 4.99. The number of hydrogen-bond acceptors (Lipinski definition) is 2. The summed E-state index contributed by atoms with van der Waals surface area (Å²) in [5, 5.41) is 1.19. The molecule has 1 saturated carbocycles. The summed E-state index contributed by atoms with van der Waals surface area (Å²) in [6.07, 6.45) is 11.4. The molecule has 2 fully saturated rings. The van der Waals surface area contributed by atoms with Crippen molar-refractivity contribution in [2.24, 2.45) is 11.3 Å². The van der Waals surface area contributed by atoms with Crippen LogP contribution in [0, 0.1) is 11.3 Å². The van der Waals surface area contributed by atoms with Crippen LogP contribution < -0.4 is 0 Å². The molecular weight excluding hydrogens is 312 g/mol. The van der Waals surface area contributed by atoms with Crippen LogP contribution in [0.25, 0.3) is 0 Å². The Morgan fingerprint density at radius 1 is 1.10 bits per heavy atom. The Bertz CT molecular complexity index is 266. The molecule has 1 heterocycles. The van der Waals surface area contributed by atoms with Crippen molar-refractivity contribution in [1.29, 1.82) is 0 Å². The summed E-state index contributed by atoms with van der Waals surface area (Å²) >= 11 is 3.83. The molecular formula is C17H33BrN2. The molecule has 20 heavy (non-hydrogen) atoms. The van der Waals surface area contributed by atoms with Gasteiger partial charge in [0.2, 0.25) is 0 Å². The van der Waals surface area contributed by atoms with E-state index in [1.165, 1.54) is 82.9 Å². The Hall–Kier alpha value is 0.400. The summed E-state index contributed by atoms with van der Waals surface area (Å²) in [4.78, 5) is 5.12. The van der Waals surface area contributed by atoms with Crippen molar-refractivity contribution < 1.29 is 0 Å². The first-order valence-electron chi connectivity index (χ1n) is 8.57. The standard InChI is InChI=1S/C17H33BrN2/c1-19-11-7-16(8-12-19)13-20(2)15-17(14-18)9-5-3-4-6-10-17/h16H,3-15H2,1-2H3. The zero-order chi connectivity index (χ0) is 14.4. The molecule has 1 aliphatic carbocycles. The molecule has 2 aliphatic rings. The van der Waals surface area contributed by atoms with Crippen molar-refractivity contribution in [1.82, 2.24) is 9.80 Å². The van der Waals surface area contributed by atoms with Crippen molar-refractivity contribution in [3.05, 3.63) is 0 Å². The van der Waals surface area contributed by atoms with Crippen molar-refractivity contribution in [2.45, 2.75) is 51.4 Å². The smallest absolute Gasteiger partial charge is 0.0100 e. The van der Waals surface area contributed by atoms with Gasteiger partial charge in [-0.25, -0.2) is 0 Å². The minimum Gasteiger partial charge on any atom is -0.306 e. The third-order valence-electron chi connectivity index (χ3n) is 5.46. The molecule has 0 aromatic heterocycles. The van der Waals surface area contributed by atoms with Crippen LogP contribution >= 0.6 is 15.9 Å². The Morgan fingerprint density at radius 3 is 2.25 bits per heavy atom. The maximum Gasteiger partial charge on any atom is 0.0100 e. The van der Waals surface area contributed by atoms with Gasteiger partial charge in [0.05, 0.1) is 0 Å². The van der Waals surface area contributed by atoms with Crippen LogP contribution in [0.1, 0.15) is 51.4 Å². The SMILES string of the molecule is CN1CCC(CN(C)CC2(CBr)CCCCCC2)CC1. The van der Waals surface area contributed by atoms with Gasteiger partial charge in [-0.3, -0.25) is 0 Å². The molecule has 0 amide bonds. The molecule has 0 aromatic carbocycles. The van der Waals surface area contributed by atoms with Gasteiger partial charge in [0, 0.05) is 18.4 Å². The first kappa shape index (κ1) is 16.8. The highest BCUT2D eigenvalue weighted by atomic mass is 79.9. The normalized spacial score (nSPS) is 25.8. The lowest BCUT2D eigenvalue weighted by molar-refractivity contribution is 0.131. The van der Waals surface area contributed by atoms with Gasteiger partial charge in [0.15, 0.2) is 0 Å². The number of hydrogen-bond donors (Lipinski definition) is 0. The summed E-state index contributed by atoms with van der Waals surface area (Å²) in [5.41, 5.74) is 0.552. The van der Waals surface area contributed by atoms with Gasteiger partial charge in [-0.2, -0.15) is 0 Å². The maximum absolute atomic E-state index is 3.83. The van der Waals surface area contributed by atoms with Crippen LogP contribution in [0.4, 0.5) is 0 Å². The number of halogens is 1. The van der Waals surface area contributed by atoms with E-state index in [2.05, 4.69) is 39.8 Å². The fourth-order valence-electron chi connectivity index (χ4n) is 4.14. The fourth-order valence-corrected chi connectivity index (χ4v) is 4.87. The van der Waals surface area contributed by atoms with E-state index >= 15 is 0 Å². The Balaban J connectivity index is 1.80. The molecule has 0 spiro atoms. The zero-order valence-electron chi connectivity index (χ0n) is 13.5. The molecule has 1 saturated heterocycles. The lowest BCUT2D eigenvalue weighted by Crippen LogP contribution is -2.41. The van der Waals surface area contributed by atoms with Crippen molar-refractivity contribution in [3.63, 3.8) is 0 Å². The van der Waals surface area contributed by atoms with Crippen LogP contribution in [0.15, 0.2) is 0 Å². The van der Waals surface area contributed by atoms with Gasteiger partial charge >= 0.3 is 0 Å². The summed E-state index contributed by atoms with van der Waals surface area (Å²) in [6.45, 7) is 5.19. The molecule has 3 heteroatoms. The third-order valence-corrected chi connectivity index (χ3v) is 6.65. The van der Waals surface area contributed by atoms with Crippen molar-refractivity contribution in [2.75, 3.05) is 45.6 Å². The van der Waals surface area contributed by atoms with E-state index < -0.39 is 0 Å². The highest BCUT2D eigenvalue weighted by Gasteiger charge is 2.31. The molecule has 1 aliphatic heterocycles. The van der Waals surface area contributed by atoms with Crippen LogP contribution in [0.2, 0.25) is 0 Å². The van der Waals surface area contributed by atoms with E-state index in [0.717, 1.165) is 5.92 Å². The molecule has 118 valence electrons. The molecule has 0 N–H and O–H groups in total. The first-order valence-corrected chi connectivity index (χ1v) is 9.69. The van der Waals surface area contributed by atoms with E-state index in [-0.39, 0.29) is 0 Å². The Labute approximate surface area is 134 Å². The number of alkyl halides is 1. The van der Waals surface area contributed by atoms with Crippen molar-refractivity contribution >= 4 is 15.9 Å². The highest BCUT2D eigenvalue weighted by Crippen LogP contribution is 2.37.